The quantitative estimate of drug-likeness (QED) is 0.672. The number of carbonyl (C=O) groups excluding carboxylic acids is 1. The highest BCUT2D eigenvalue weighted by molar-refractivity contribution is 14.1. The largest absolute Gasteiger partial charge is 0.383 e. The van der Waals surface area contributed by atoms with E-state index in [0.717, 1.165) is 53.5 Å². The van der Waals surface area contributed by atoms with Crippen LogP contribution in [0.2, 0.25) is 0 Å². The zero-order valence-electron chi connectivity index (χ0n) is 15.8. The number of nitrogens with two attached hydrogens (primary N) is 1. The second-order valence-electron chi connectivity index (χ2n) is 7.81. The van der Waals surface area contributed by atoms with E-state index in [-0.39, 0.29) is 5.91 Å². The number of fused-ring (bicyclic) bond motifs is 1. The Morgan fingerprint density at radius 2 is 1.85 bits per heavy atom. The molecule has 0 spiro atoms. The minimum Gasteiger partial charge on any atom is -0.383 e. The number of carbonyl (C=O) groups is 1. The van der Waals surface area contributed by atoms with Gasteiger partial charge in [-0.3, -0.25) is 9.69 Å². The first kappa shape index (κ1) is 18.9. The molecule has 2 N–H and O–H groups in total. The van der Waals surface area contributed by atoms with Crippen molar-refractivity contribution in [2.24, 2.45) is 0 Å². The van der Waals surface area contributed by atoms with Crippen LogP contribution in [0.15, 0.2) is 6.33 Å². The van der Waals surface area contributed by atoms with Crippen LogP contribution in [0.3, 0.4) is 0 Å². The van der Waals surface area contributed by atoms with E-state index in [0.29, 0.717) is 30.5 Å². The van der Waals surface area contributed by atoms with Crippen molar-refractivity contribution in [3.05, 3.63) is 10.0 Å². The highest BCUT2D eigenvalue weighted by Crippen LogP contribution is 2.34. The summed E-state index contributed by atoms with van der Waals surface area (Å²) < 4.78 is 2.89. The molecule has 0 unspecified atom stereocenters. The van der Waals surface area contributed by atoms with Crippen molar-refractivity contribution in [3.8, 4) is 0 Å². The van der Waals surface area contributed by atoms with Crippen molar-refractivity contribution in [2.45, 2.75) is 57.7 Å². The molecule has 0 atom stereocenters. The molecule has 1 saturated carbocycles. The molecule has 1 aliphatic carbocycles. The Morgan fingerprint density at radius 3 is 2.52 bits per heavy atom. The molecule has 9 heteroatoms. The molecule has 0 aromatic carbocycles. The first-order chi connectivity index (χ1) is 13.0. The standard InChI is InChI=1S/C18H26IN7O/c1-11(2)25-8-7-24(9-14(25)27)12-3-5-13(6-4-12)26-18-15(16(19)23-26)17(20)21-10-22-18/h10-13H,3-9H2,1-2H3,(H2,20,21,22)/t12-,13+. The summed E-state index contributed by atoms with van der Waals surface area (Å²) >= 11 is 2.21. The van der Waals surface area contributed by atoms with Gasteiger partial charge in [-0.1, -0.05) is 0 Å². The van der Waals surface area contributed by atoms with Crippen molar-refractivity contribution in [1.29, 1.82) is 0 Å². The minimum absolute atomic E-state index is 0.262. The molecule has 1 amide bonds. The first-order valence-electron chi connectivity index (χ1n) is 9.63. The topological polar surface area (TPSA) is 93.2 Å². The molecule has 1 saturated heterocycles. The highest BCUT2D eigenvalue weighted by Gasteiger charge is 2.33. The average Bonchev–Trinajstić information content (AvgIpc) is 2.99. The van der Waals surface area contributed by atoms with E-state index in [1.54, 1.807) is 0 Å². The molecule has 0 bridgehead atoms. The molecule has 2 aliphatic rings. The maximum atomic E-state index is 12.4. The fraction of sp³-hybridized carbons (Fsp3) is 0.667. The lowest BCUT2D eigenvalue weighted by molar-refractivity contribution is -0.139. The van der Waals surface area contributed by atoms with Crippen molar-refractivity contribution in [3.63, 3.8) is 0 Å². The van der Waals surface area contributed by atoms with Crippen molar-refractivity contribution in [1.82, 2.24) is 29.5 Å². The summed E-state index contributed by atoms with van der Waals surface area (Å²) in [5.41, 5.74) is 6.84. The molecule has 4 rings (SSSR count). The fourth-order valence-electron chi connectivity index (χ4n) is 4.44. The van der Waals surface area contributed by atoms with Crippen LogP contribution in [0.1, 0.15) is 45.6 Å². The molecule has 0 radical (unpaired) electrons. The zero-order valence-corrected chi connectivity index (χ0v) is 18.0. The first-order valence-corrected chi connectivity index (χ1v) is 10.7. The second kappa shape index (κ2) is 7.50. The molecular weight excluding hydrogens is 457 g/mol. The fourth-order valence-corrected chi connectivity index (χ4v) is 5.19. The molecule has 2 fully saturated rings. The lowest BCUT2D eigenvalue weighted by Gasteiger charge is -2.42. The summed E-state index contributed by atoms with van der Waals surface area (Å²) in [6.07, 6.45) is 5.76. The minimum atomic E-state index is 0.262. The van der Waals surface area contributed by atoms with Gasteiger partial charge < -0.3 is 10.6 Å². The summed E-state index contributed by atoms with van der Waals surface area (Å²) in [7, 11) is 0. The predicted molar refractivity (Wildman–Crippen MR) is 112 cm³/mol. The van der Waals surface area contributed by atoms with E-state index in [1.807, 2.05) is 9.58 Å². The summed E-state index contributed by atoms with van der Waals surface area (Å²) in [6, 6.07) is 1.11. The summed E-state index contributed by atoms with van der Waals surface area (Å²) in [4.78, 5) is 25.3. The number of amides is 1. The smallest absolute Gasteiger partial charge is 0.237 e. The van der Waals surface area contributed by atoms with Gasteiger partial charge in [0.05, 0.1) is 18.0 Å². The number of hydrogen-bond donors (Lipinski definition) is 1. The lowest BCUT2D eigenvalue weighted by atomic mass is 9.89. The Hall–Kier alpha value is -1.49. The van der Waals surface area contributed by atoms with Crippen LogP contribution < -0.4 is 5.73 Å². The van der Waals surface area contributed by atoms with Crippen LogP contribution in [0.25, 0.3) is 11.0 Å². The van der Waals surface area contributed by atoms with E-state index in [2.05, 4.69) is 51.3 Å². The molecule has 27 heavy (non-hydrogen) atoms. The third-order valence-corrected chi connectivity index (χ3v) is 6.67. The number of aromatic nitrogens is 4. The third kappa shape index (κ3) is 3.51. The Labute approximate surface area is 172 Å². The van der Waals surface area contributed by atoms with Gasteiger partial charge in [0.25, 0.3) is 0 Å². The van der Waals surface area contributed by atoms with Gasteiger partial charge in [-0.15, -0.1) is 0 Å². The van der Waals surface area contributed by atoms with Crippen LogP contribution in [0.4, 0.5) is 5.82 Å². The number of halogens is 1. The SMILES string of the molecule is CC(C)N1CCN([C@H]2CC[C@@H](n3nc(I)c4c(N)ncnc43)CC2)CC1=O. The number of rotatable bonds is 3. The van der Waals surface area contributed by atoms with E-state index >= 15 is 0 Å². The normalized spacial score (nSPS) is 24.9. The van der Waals surface area contributed by atoms with Crippen LogP contribution >= 0.6 is 22.6 Å². The van der Waals surface area contributed by atoms with Gasteiger partial charge >= 0.3 is 0 Å². The second-order valence-corrected chi connectivity index (χ2v) is 8.83. The van der Waals surface area contributed by atoms with Crippen LogP contribution in [-0.4, -0.2) is 67.2 Å². The van der Waals surface area contributed by atoms with Crippen molar-refractivity contribution >= 4 is 45.3 Å². The van der Waals surface area contributed by atoms with E-state index in [4.69, 9.17) is 10.8 Å². The predicted octanol–water partition coefficient (Wildman–Crippen LogP) is 2.05. The zero-order chi connectivity index (χ0) is 19.1. The van der Waals surface area contributed by atoms with E-state index in [9.17, 15) is 4.79 Å². The van der Waals surface area contributed by atoms with Gasteiger partial charge in [-0.05, 0) is 62.1 Å². The van der Waals surface area contributed by atoms with Crippen LogP contribution in [0, 0.1) is 3.70 Å². The molecular formula is C18H26IN7O. The number of nitrogen functional groups attached to an aromatic ring is 1. The van der Waals surface area contributed by atoms with Gasteiger partial charge in [-0.2, -0.15) is 5.10 Å². The van der Waals surface area contributed by atoms with Gasteiger partial charge in [0.15, 0.2) is 5.65 Å². The Morgan fingerprint density at radius 1 is 1.15 bits per heavy atom. The Bertz CT molecular complexity index is 844. The monoisotopic (exact) mass is 483 g/mol. The summed E-state index contributed by atoms with van der Waals surface area (Å²) in [6.45, 7) is 6.55. The van der Waals surface area contributed by atoms with Crippen molar-refractivity contribution < 1.29 is 4.79 Å². The Kier molecular flexibility index (Phi) is 5.23. The van der Waals surface area contributed by atoms with Crippen molar-refractivity contribution in [2.75, 3.05) is 25.4 Å². The molecule has 2 aromatic heterocycles. The van der Waals surface area contributed by atoms with Crippen LogP contribution in [0.5, 0.6) is 0 Å². The molecule has 1 aliphatic heterocycles. The van der Waals surface area contributed by atoms with E-state index < -0.39 is 0 Å². The molecule has 146 valence electrons. The molecule has 2 aromatic rings. The maximum absolute atomic E-state index is 12.4. The molecule has 3 heterocycles. The third-order valence-electron chi connectivity index (χ3n) is 5.91. The highest BCUT2D eigenvalue weighted by atomic mass is 127. The van der Waals surface area contributed by atoms with Gasteiger partial charge in [0, 0.05) is 25.2 Å². The maximum Gasteiger partial charge on any atom is 0.237 e. The number of anilines is 1. The van der Waals surface area contributed by atoms with E-state index in [1.165, 1.54) is 6.33 Å². The molecule has 8 nitrogen and oxygen atoms in total. The summed E-state index contributed by atoms with van der Waals surface area (Å²) in [5.74, 6) is 0.754. The Balaban J connectivity index is 1.43. The number of nitrogens with zero attached hydrogens (tertiary/aromatic N) is 6. The number of hydrogen-bond acceptors (Lipinski definition) is 6. The van der Waals surface area contributed by atoms with Gasteiger partial charge in [0.1, 0.15) is 15.8 Å². The average molecular weight is 483 g/mol. The van der Waals surface area contributed by atoms with Crippen LogP contribution in [-0.2, 0) is 4.79 Å². The van der Waals surface area contributed by atoms with Gasteiger partial charge in [-0.25, -0.2) is 14.6 Å². The lowest BCUT2D eigenvalue weighted by Crippen LogP contribution is -2.55. The van der Waals surface area contributed by atoms with Gasteiger partial charge in [0.2, 0.25) is 5.91 Å². The summed E-state index contributed by atoms with van der Waals surface area (Å²) in [5, 5.41) is 5.56. The number of piperazine rings is 1.